The smallest absolute Gasteiger partial charge is 0.329 e. The minimum absolute atomic E-state index is 0.252. The zero-order valence-electron chi connectivity index (χ0n) is 12.6. The maximum Gasteiger partial charge on any atom is 0.329 e. The molecule has 120 valence electrons. The van der Waals surface area contributed by atoms with Crippen LogP contribution in [0.1, 0.15) is 31.4 Å². The number of carboxylic acids is 1. The second-order valence-corrected chi connectivity index (χ2v) is 5.23. The van der Waals surface area contributed by atoms with E-state index in [9.17, 15) is 14.7 Å². The Hall–Kier alpha value is -1.92. The number of carboxylic acid groups (broad SMARTS) is 1. The van der Waals surface area contributed by atoms with Gasteiger partial charge in [0.05, 0.1) is 0 Å². The first-order chi connectivity index (χ1) is 10.6. The lowest BCUT2D eigenvalue weighted by Crippen LogP contribution is -2.58. The summed E-state index contributed by atoms with van der Waals surface area (Å²) in [5.41, 5.74) is -0.575. The maximum atomic E-state index is 12.6. The van der Waals surface area contributed by atoms with E-state index in [2.05, 4.69) is 5.32 Å². The number of benzene rings is 1. The number of amides is 1. The number of ether oxygens (including phenoxy) is 2. The Bertz CT molecular complexity index is 511. The summed E-state index contributed by atoms with van der Waals surface area (Å²) < 4.78 is 10.7. The number of carbonyl (C=O) groups excluding carboxylic acids is 1. The number of nitrogens with one attached hydrogen (secondary N) is 1. The topological polar surface area (TPSA) is 84.9 Å². The fourth-order valence-corrected chi connectivity index (χ4v) is 2.53. The quantitative estimate of drug-likeness (QED) is 0.832. The molecule has 1 unspecified atom stereocenters. The van der Waals surface area contributed by atoms with Gasteiger partial charge in [0.2, 0.25) is 0 Å². The summed E-state index contributed by atoms with van der Waals surface area (Å²) in [5, 5.41) is 12.2. The van der Waals surface area contributed by atoms with Gasteiger partial charge in [0.15, 0.2) is 6.10 Å². The van der Waals surface area contributed by atoms with Crippen molar-refractivity contribution >= 4 is 11.9 Å². The Balaban J connectivity index is 2.18. The van der Waals surface area contributed by atoms with Crippen molar-refractivity contribution in [3.8, 4) is 0 Å². The Morgan fingerprint density at radius 1 is 1.32 bits per heavy atom. The van der Waals surface area contributed by atoms with E-state index in [-0.39, 0.29) is 12.8 Å². The molecule has 1 fully saturated rings. The summed E-state index contributed by atoms with van der Waals surface area (Å²) in [6.45, 7) is 2.79. The summed E-state index contributed by atoms with van der Waals surface area (Å²) in [7, 11) is 0. The summed E-state index contributed by atoms with van der Waals surface area (Å²) in [6, 6.07) is 9.06. The van der Waals surface area contributed by atoms with Crippen molar-refractivity contribution in [1.29, 1.82) is 0 Å². The van der Waals surface area contributed by atoms with Gasteiger partial charge in [-0.3, -0.25) is 4.79 Å². The first-order valence-corrected chi connectivity index (χ1v) is 7.39. The molecule has 22 heavy (non-hydrogen) atoms. The van der Waals surface area contributed by atoms with E-state index >= 15 is 0 Å². The van der Waals surface area contributed by atoms with Gasteiger partial charge in [0, 0.05) is 32.7 Å². The number of carbonyl (C=O) groups is 2. The molecule has 6 nitrogen and oxygen atoms in total. The zero-order chi connectivity index (χ0) is 16.0. The van der Waals surface area contributed by atoms with E-state index < -0.39 is 23.5 Å². The molecule has 1 aromatic carbocycles. The van der Waals surface area contributed by atoms with Crippen LogP contribution < -0.4 is 5.32 Å². The second kappa shape index (κ2) is 7.38. The summed E-state index contributed by atoms with van der Waals surface area (Å²) in [4.78, 5) is 24.2. The molecule has 0 aromatic heterocycles. The van der Waals surface area contributed by atoms with Crippen molar-refractivity contribution in [1.82, 2.24) is 5.32 Å². The van der Waals surface area contributed by atoms with Crippen molar-refractivity contribution in [3.05, 3.63) is 35.9 Å². The molecular formula is C16H21NO5. The van der Waals surface area contributed by atoms with Crippen LogP contribution >= 0.6 is 0 Å². The SMILES string of the molecule is CCOC(C(=O)NC1(C(=O)O)CCOCC1)c1ccccc1. The average Bonchev–Trinajstić information content (AvgIpc) is 2.54. The molecule has 6 heteroatoms. The zero-order valence-corrected chi connectivity index (χ0v) is 12.6. The highest BCUT2D eigenvalue weighted by Crippen LogP contribution is 2.24. The minimum atomic E-state index is -1.28. The predicted molar refractivity (Wildman–Crippen MR) is 79.4 cm³/mol. The van der Waals surface area contributed by atoms with Crippen LogP contribution in [0.5, 0.6) is 0 Å². The first kappa shape index (κ1) is 16.5. The van der Waals surface area contributed by atoms with Crippen LogP contribution in [0.4, 0.5) is 0 Å². The second-order valence-electron chi connectivity index (χ2n) is 5.23. The van der Waals surface area contributed by atoms with Crippen LogP contribution in [0.25, 0.3) is 0 Å². The van der Waals surface area contributed by atoms with Gasteiger partial charge in [-0.2, -0.15) is 0 Å². The van der Waals surface area contributed by atoms with E-state index in [1.165, 1.54) is 0 Å². The Labute approximate surface area is 129 Å². The van der Waals surface area contributed by atoms with Gasteiger partial charge in [-0.1, -0.05) is 30.3 Å². The van der Waals surface area contributed by atoms with E-state index in [1.807, 2.05) is 18.2 Å². The number of hydrogen-bond donors (Lipinski definition) is 2. The van der Waals surface area contributed by atoms with Crippen LogP contribution in [0.3, 0.4) is 0 Å². The highest BCUT2D eigenvalue weighted by atomic mass is 16.5. The molecule has 1 aliphatic heterocycles. The van der Waals surface area contributed by atoms with Gasteiger partial charge in [-0.25, -0.2) is 4.79 Å². The summed E-state index contributed by atoms with van der Waals surface area (Å²) in [6.07, 6.45) is -0.311. The van der Waals surface area contributed by atoms with E-state index in [0.29, 0.717) is 25.4 Å². The molecule has 0 bridgehead atoms. The van der Waals surface area contributed by atoms with Crippen LogP contribution in [0, 0.1) is 0 Å². The molecular weight excluding hydrogens is 286 g/mol. The van der Waals surface area contributed by atoms with Crippen molar-refractivity contribution in [2.75, 3.05) is 19.8 Å². The normalized spacial score (nSPS) is 18.4. The standard InChI is InChI=1S/C16H21NO5/c1-2-22-13(12-6-4-3-5-7-12)14(18)17-16(15(19)20)8-10-21-11-9-16/h3-7,13H,2,8-11H2,1H3,(H,17,18)(H,19,20). The van der Waals surface area contributed by atoms with E-state index in [1.54, 1.807) is 19.1 Å². The third kappa shape index (κ3) is 3.64. The Kier molecular flexibility index (Phi) is 5.51. The van der Waals surface area contributed by atoms with E-state index in [4.69, 9.17) is 9.47 Å². The molecule has 1 heterocycles. The Morgan fingerprint density at radius 3 is 2.50 bits per heavy atom. The molecule has 0 spiro atoms. The molecule has 1 aromatic rings. The molecule has 2 N–H and O–H groups in total. The van der Waals surface area contributed by atoms with Gasteiger partial charge in [0.25, 0.3) is 5.91 Å². The predicted octanol–water partition coefficient (Wildman–Crippen LogP) is 1.51. The summed E-state index contributed by atoms with van der Waals surface area (Å²) >= 11 is 0. The van der Waals surface area contributed by atoms with Crippen molar-refractivity contribution in [2.45, 2.75) is 31.4 Å². The van der Waals surface area contributed by atoms with Crippen molar-refractivity contribution in [3.63, 3.8) is 0 Å². The monoisotopic (exact) mass is 307 g/mol. The van der Waals surface area contributed by atoms with Gasteiger partial charge >= 0.3 is 5.97 Å². The van der Waals surface area contributed by atoms with Gasteiger partial charge in [0.1, 0.15) is 5.54 Å². The third-order valence-corrected chi connectivity index (χ3v) is 3.79. The summed E-state index contributed by atoms with van der Waals surface area (Å²) in [5.74, 6) is -1.47. The van der Waals surface area contributed by atoms with Crippen LogP contribution in [0.2, 0.25) is 0 Å². The minimum Gasteiger partial charge on any atom is -0.480 e. The molecule has 1 atom stereocenters. The van der Waals surface area contributed by atoms with Gasteiger partial charge < -0.3 is 19.9 Å². The Morgan fingerprint density at radius 2 is 1.95 bits per heavy atom. The largest absolute Gasteiger partial charge is 0.480 e. The molecule has 0 radical (unpaired) electrons. The number of aliphatic carboxylic acids is 1. The first-order valence-electron chi connectivity index (χ1n) is 7.39. The van der Waals surface area contributed by atoms with Gasteiger partial charge in [-0.05, 0) is 12.5 Å². The van der Waals surface area contributed by atoms with Crippen LogP contribution in [-0.2, 0) is 19.1 Å². The molecule has 1 saturated heterocycles. The molecule has 0 saturated carbocycles. The molecule has 0 aliphatic carbocycles. The van der Waals surface area contributed by atoms with E-state index in [0.717, 1.165) is 0 Å². The highest BCUT2D eigenvalue weighted by molar-refractivity contribution is 5.89. The molecule has 1 aliphatic rings. The number of hydrogen-bond acceptors (Lipinski definition) is 4. The van der Waals surface area contributed by atoms with Crippen LogP contribution in [-0.4, -0.2) is 42.3 Å². The van der Waals surface area contributed by atoms with Gasteiger partial charge in [-0.15, -0.1) is 0 Å². The lowest BCUT2D eigenvalue weighted by Gasteiger charge is -2.35. The van der Waals surface area contributed by atoms with Crippen LogP contribution in [0.15, 0.2) is 30.3 Å². The fourth-order valence-electron chi connectivity index (χ4n) is 2.53. The fraction of sp³-hybridized carbons (Fsp3) is 0.500. The molecule has 1 amide bonds. The number of rotatable bonds is 6. The van der Waals surface area contributed by atoms with Crippen molar-refractivity contribution < 1.29 is 24.2 Å². The average molecular weight is 307 g/mol. The third-order valence-electron chi connectivity index (χ3n) is 3.79. The molecule has 2 rings (SSSR count). The highest BCUT2D eigenvalue weighted by Gasteiger charge is 2.43. The van der Waals surface area contributed by atoms with Crippen molar-refractivity contribution in [2.24, 2.45) is 0 Å². The maximum absolute atomic E-state index is 12.6. The lowest BCUT2D eigenvalue weighted by atomic mass is 9.89. The lowest BCUT2D eigenvalue weighted by molar-refractivity contribution is -0.154.